The average Bonchev–Trinajstić information content (AvgIpc) is 3.69. The quantitative estimate of drug-likeness (QED) is 0.186. The van der Waals surface area contributed by atoms with E-state index in [2.05, 4.69) is 16.0 Å². The summed E-state index contributed by atoms with van der Waals surface area (Å²) in [4.78, 5) is 25.3. The maximum absolute atomic E-state index is 13.8. The largest absolute Gasteiger partial charge is 0.493 e. The number of sulfonamides is 1. The van der Waals surface area contributed by atoms with E-state index in [0.29, 0.717) is 50.6 Å². The number of aliphatic hydroxyl groups is 1. The Kier molecular flexibility index (Phi) is 12.2. The van der Waals surface area contributed by atoms with Crippen molar-refractivity contribution in [1.82, 2.24) is 20.3 Å². The fourth-order valence-electron chi connectivity index (χ4n) is 5.45. The third-order valence-electron chi connectivity index (χ3n) is 7.91. The van der Waals surface area contributed by atoms with Gasteiger partial charge in [-0.25, -0.2) is 8.42 Å². The van der Waals surface area contributed by atoms with Crippen molar-refractivity contribution in [2.75, 3.05) is 19.7 Å². The summed E-state index contributed by atoms with van der Waals surface area (Å²) in [6.45, 7) is 6.69. The van der Waals surface area contributed by atoms with E-state index in [1.807, 2.05) is 51.1 Å². The highest BCUT2D eigenvalue weighted by Gasteiger charge is 2.34. The predicted octanol–water partition coefficient (Wildman–Crippen LogP) is 3.13. The number of carbonyl (C=O) groups is 2. The average molecular weight is 629 g/mol. The first-order valence-corrected chi connectivity index (χ1v) is 17.3. The van der Waals surface area contributed by atoms with E-state index in [1.54, 1.807) is 12.1 Å². The lowest BCUT2D eigenvalue weighted by Gasteiger charge is -2.31. The van der Waals surface area contributed by atoms with Gasteiger partial charge in [-0.1, -0.05) is 44.2 Å². The van der Waals surface area contributed by atoms with Crippen molar-refractivity contribution in [3.63, 3.8) is 0 Å². The zero-order valence-corrected chi connectivity index (χ0v) is 26.9. The van der Waals surface area contributed by atoms with Crippen LogP contribution in [0.1, 0.15) is 70.4 Å². The highest BCUT2D eigenvalue weighted by molar-refractivity contribution is 7.89. The molecule has 0 saturated heterocycles. The molecular weight excluding hydrogens is 580 g/mol. The molecule has 2 aromatic rings. The maximum Gasteiger partial charge on any atom is 0.245 e. The van der Waals surface area contributed by atoms with Crippen LogP contribution in [0.2, 0.25) is 0 Å². The van der Waals surface area contributed by atoms with E-state index in [-0.39, 0.29) is 48.1 Å². The van der Waals surface area contributed by atoms with Crippen molar-refractivity contribution < 1.29 is 27.9 Å². The van der Waals surface area contributed by atoms with Crippen LogP contribution in [0.25, 0.3) is 0 Å². The molecule has 0 spiro atoms. The molecule has 11 heteroatoms. The van der Waals surface area contributed by atoms with Gasteiger partial charge in [0.05, 0.1) is 18.0 Å². The number of aliphatic hydroxyl groups excluding tert-OH is 1. The molecule has 4 rings (SSSR count). The summed E-state index contributed by atoms with van der Waals surface area (Å²) in [5.74, 6) is 0.433. The number of amides is 2. The first-order chi connectivity index (χ1) is 21.0. The molecule has 3 unspecified atom stereocenters. The molecule has 2 amide bonds. The van der Waals surface area contributed by atoms with Crippen LogP contribution in [0.15, 0.2) is 53.4 Å². The van der Waals surface area contributed by atoms with Crippen LogP contribution in [0.3, 0.4) is 0 Å². The third-order valence-corrected chi connectivity index (χ3v) is 9.77. The van der Waals surface area contributed by atoms with Crippen LogP contribution in [-0.4, -0.2) is 73.7 Å². The molecule has 4 N–H and O–H groups in total. The molecule has 1 aliphatic carbocycles. The van der Waals surface area contributed by atoms with Crippen molar-refractivity contribution in [2.24, 2.45) is 5.92 Å². The highest BCUT2D eigenvalue weighted by atomic mass is 32.2. The Hall–Kier alpha value is -2.99. The Morgan fingerprint density at radius 1 is 1.05 bits per heavy atom. The van der Waals surface area contributed by atoms with Gasteiger partial charge in [-0.15, -0.1) is 0 Å². The van der Waals surface area contributed by atoms with E-state index < -0.39 is 22.3 Å². The normalized spacial score (nSPS) is 16.7. The molecular formula is C33H48N4O6S. The lowest BCUT2D eigenvalue weighted by Crippen LogP contribution is -2.47. The summed E-state index contributed by atoms with van der Waals surface area (Å²) in [6, 6.07) is 14.4. The van der Waals surface area contributed by atoms with Crippen LogP contribution >= 0.6 is 0 Å². The number of fused-ring (bicyclic) bond motifs is 1. The first-order valence-electron chi connectivity index (χ1n) is 15.8. The van der Waals surface area contributed by atoms with Crippen LogP contribution in [-0.2, 0) is 32.5 Å². The fraction of sp³-hybridized carbons (Fsp3) is 0.576. The topological polar surface area (TPSA) is 137 Å². The van der Waals surface area contributed by atoms with Gasteiger partial charge in [-0.2, -0.15) is 4.31 Å². The number of hydrogen-bond donors (Lipinski definition) is 4. The second kappa shape index (κ2) is 15.8. The summed E-state index contributed by atoms with van der Waals surface area (Å²) >= 11 is 0. The predicted molar refractivity (Wildman–Crippen MR) is 170 cm³/mol. The molecule has 1 heterocycles. The van der Waals surface area contributed by atoms with Gasteiger partial charge in [0.2, 0.25) is 21.8 Å². The second-order valence-electron chi connectivity index (χ2n) is 12.5. The monoisotopic (exact) mass is 628 g/mol. The Bertz CT molecular complexity index is 1350. The van der Waals surface area contributed by atoms with E-state index in [0.717, 1.165) is 28.3 Å². The van der Waals surface area contributed by atoms with E-state index in [4.69, 9.17) is 4.74 Å². The molecule has 44 heavy (non-hydrogen) atoms. The molecule has 0 bridgehead atoms. The second-order valence-corrected chi connectivity index (χ2v) is 14.4. The smallest absolute Gasteiger partial charge is 0.245 e. The van der Waals surface area contributed by atoms with Crippen molar-refractivity contribution in [3.8, 4) is 5.75 Å². The maximum atomic E-state index is 13.8. The molecule has 10 nitrogen and oxygen atoms in total. The number of benzene rings is 2. The van der Waals surface area contributed by atoms with Gasteiger partial charge < -0.3 is 25.8 Å². The van der Waals surface area contributed by atoms with Gasteiger partial charge >= 0.3 is 0 Å². The van der Waals surface area contributed by atoms with Crippen molar-refractivity contribution >= 4 is 21.8 Å². The Balaban J connectivity index is 1.38. The number of hydrogen-bond acceptors (Lipinski definition) is 7. The number of carbonyl (C=O) groups excluding carboxylic acids is 2. The minimum Gasteiger partial charge on any atom is -0.493 e. The molecule has 0 aromatic heterocycles. The summed E-state index contributed by atoms with van der Waals surface area (Å²) < 4.78 is 34.4. The Morgan fingerprint density at radius 2 is 1.80 bits per heavy atom. The molecule has 3 atom stereocenters. The van der Waals surface area contributed by atoms with Gasteiger partial charge in [0.25, 0.3) is 0 Å². The van der Waals surface area contributed by atoms with Crippen molar-refractivity contribution in [1.29, 1.82) is 0 Å². The SMILES string of the molecule is CC(C)CN(C(O)CC(Cc1ccccc1)NC(=O)CCCC(C)NC(=O)CNC1CC1)S(=O)(=O)c1ccc2c(c1)CCO2. The number of nitrogens with zero attached hydrogens (tertiary/aromatic N) is 1. The van der Waals surface area contributed by atoms with Crippen LogP contribution in [0.4, 0.5) is 0 Å². The highest BCUT2D eigenvalue weighted by Crippen LogP contribution is 2.30. The van der Waals surface area contributed by atoms with E-state index in [9.17, 15) is 23.1 Å². The van der Waals surface area contributed by atoms with Crippen LogP contribution in [0.5, 0.6) is 5.75 Å². The zero-order valence-electron chi connectivity index (χ0n) is 26.1. The molecule has 1 aliphatic heterocycles. The number of nitrogens with one attached hydrogen (secondary N) is 3. The summed E-state index contributed by atoms with van der Waals surface area (Å²) in [5.41, 5.74) is 1.81. The molecule has 1 saturated carbocycles. The van der Waals surface area contributed by atoms with Gasteiger partial charge in [-0.3, -0.25) is 9.59 Å². The van der Waals surface area contributed by atoms with E-state index in [1.165, 1.54) is 6.07 Å². The van der Waals surface area contributed by atoms with Crippen molar-refractivity contribution in [2.45, 2.75) is 101 Å². The van der Waals surface area contributed by atoms with E-state index >= 15 is 0 Å². The number of ether oxygens (including phenoxy) is 1. The summed E-state index contributed by atoms with van der Waals surface area (Å²) in [7, 11) is -4.03. The Morgan fingerprint density at radius 3 is 2.50 bits per heavy atom. The molecule has 0 radical (unpaired) electrons. The van der Waals surface area contributed by atoms with Gasteiger partial charge in [0.1, 0.15) is 12.0 Å². The fourth-order valence-corrected chi connectivity index (χ4v) is 7.16. The summed E-state index contributed by atoms with van der Waals surface area (Å²) in [6.07, 6.45) is 3.50. The zero-order chi connectivity index (χ0) is 31.7. The Labute approximate surface area is 262 Å². The molecule has 242 valence electrons. The third kappa shape index (κ3) is 10.3. The summed E-state index contributed by atoms with van der Waals surface area (Å²) in [5, 5.41) is 20.7. The van der Waals surface area contributed by atoms with Gasteiger partial charge in [-0.05, 0) is 74.3 Å². The van der Waals surface area contributed by atoms with Gasteiger partial charge in [0, 0.05) is 43.9 Å². The minimum atomic E-state index is -4.03. The van der Waals surface area contributed by atoms with Crippen LogP contribution < -0.4 is 20.7 Å². The lowest BCUT2D eigenvalue weighted by molar-refractivity contribution is -0.122. The lowest BCUT2D eigenvalue weighted by atomic mass is 10.0. The van der Waals surface area contributed by atoms with Gasteiger partial charge in [0.15, 0.2) is 0 Å². The molecule has 1 fully saturated rings. The minimum absolute atomic E-state index is 0.0289. The number of rotatable bonds is 18. The standard InChI is InChI=1S/C33H48N4O6S/c1-23(2)22-37(44(41,42)29-14-15-30-26(19-29)16-17-43-30)33(40)20-28(18-25-9-5-4-6-10-25)36-31(38)11-7-8-24(3)35-32(39)21-34-27-12-13-27/h4-6,9-10,14-15,19,23-24,27-28,33-34,40H,7-8,11-13,16-18,20-22H2,1-3H3,(H,35,39)(H,36,38). The van der Waals surface area contributed by atoms with Crippen molar-refractivity contribution in [3.05, 3.63) is 59.7 Å². The molecule has 2 aromatic carbocycles. The molecule has 2 aliphatic rings. The van der Waals surface area contributed by atoms with Crippen LogP contribution in [0, 0.1) is 5.92 Å². The first kappa shape index (κ1) is 33.9.